The average Bonchev–Trinajstić information content (AvgIpc) is 3.05. The summed E-state index contributed by atoms with van der Waals surface area (Å²) >= 11 is 0. The minimum absolute atomic E-state index is 0.0917. The number of fused-ring (bicyclic) bond motifs is 5. The van der Waals surface area contributed by atoms with Crippen LogP contribution < -0.4 is 0 Å². The molecule has 0 unspecified atom stereocenters. The molecule has 0 aromatic carbocycles. The predicted octanol–water partition coefficient (Wildman–Crippen LogP) is 3.34. The summed E-state index contributed by atoms with van der Waals surface area (Å²) in [5, 5.41) is 10.6. The molecule has 0 radical (unpaired) electrons. The van der Waals surface area contributed by atoms with E-state index < -0.39 is 6.10 Å². The van der Waals surface area contributed by atoms with Gasteiger partial charge in [0.2, 0.25) is 0 Å². The highest BCUT2D eigenvalue weighted by Crippen LogP contribution is 2.71. The Balaban J connectivity index is 1.58. The number of ether oxygens (including phenoxy) is 1. The molecule has 1 aliphatic heterocycles. The van der Waals surface area contributed by atoms with Crippen LogP contribution in [-0.4, -0.2) is 22.3 Å². The summed E-state index contributed by atoms with van der Waals surface area (Å²) in [6.45, 7) is 7.22. The maximum atomic E-state index is 10.6. The normalized spacial score (nSPS) is 44.8. The first kappa shape index (κ1) is 13.7. The van der Waals surface area contributed by atoms with Crippen LogP contribution in [0.1, 0.15) is 51.8 Å². The third-order valence-electron chi connectivity index (χ3n) is 7.08. The molecule has 1 N–H and O–H groups in total. The Bertz CT molecular complexity index is 543. The lowest BCUT2D eigenvalue weighted by Gasteiger charge is -2.39. The van der Waals surface area contributed by atoms with Crippen molar-refractivity contribution < 1.29 is 9.84 Å². The van der Waals surface area contributed by atoms with Crippen molar-refractivity contribution in [2.75, 3.05) is 0 Å². The van der Waals surface area contributed by atoms with Crippen molar-refractivity contribution >= 4 is 0 Å². The summed E-state index contributed by atoms with van der Waals surface area (Å²) in [6.07, 6.45) is 4.93. The van der Waals surface area contributed by atoms with Crippen molar-refractivity contribution in [1.82, 2.24) is 4.98 Å². The fraction of sp³-hybridized carbons (Fsp3) is 0.722. The number of aliphatic hydroxyl groups excluding tert-OH is 1. The largest absolute Gasteiger partial charge is 0.384 e. The van der Waals surface area contributed by atoms with Crippen LogP contribution >= 0.6 is 0 Å². The second-order valence-electron chi connectivity index (χ2n) is 7.98. The van der Waals surface area contributed by atoms with Gasteiger partial charge in [-0.05, 0) is 54.1 Å². The van der Waals surface area contributed by atoms with E-state index in [0.29, 0.717) is 17.4 Å². The molecule has 0 spiro atoms. The molecule has 114 valence electrons. The number of aliphatic hydroxyl groups is 1. The van der Waals surface area contributed by atoms with E-state index in [1.807, 2.05) is 18.2 Å². The van der Waals surface area contributed by atoms with Crippen molar-refractivity contribution in [3.63, 3.8) is 0 Å². The first-order valence-corrected chi connectivity index (χ1v) is 8.19. The fourth-order valence-corrected chi connectivity index (χ4v) is 5.50. The van der Waals surface area contributed by atoms with Crippen LogP contribution in [0.5, 0.6) is 0 Å². The van der Waals surface area contributed by atoms with Gasteiger partial charge in [0, 0.05) is 6.20 Å². The number of nitrogens with zero attached hydrogens (tertiary/aromatic N) is 1. The highest BCUT2D eigenvalue weighted by Gasteiger charge is 2.69. The highest BCUT2D eigenvalue weighted by molar-refractivity contribution is 5.18. The summed E-state index contributed by atoms with van der Waals surface area (Å²) in [5.41, 5.74) is 1.36. The SMILES string of the molecule is CC1(C)[C@@H]2CC[C@@]1(C)[C@@H]1O[C@@H]([C@H](O)c3ccccn3)C[C@H]21. The Morgan fingerprint density at radius 2 is 2.14 bits per heavy atom. The van der Waals surface area contributed by atoms with E-state index >= 15 is 0 Å². The summed E-state index contributed by atoms with van der Waals surface area (Å²) in [5.74, 6) is 1.36. The van der Waals surface area contributed by atoms with Crippen molar-refractivity contribution in [2.45, 2.75) is 58.3 Å². The molecule has 4 rings (SSSR count). The lowest BCUT2D eigenvalue weighted by molar-refractivity contribution is -0.0927. The third-order valence-corrected chi connectivity index (χ3v) is 7.08. The molecule has 0 amide bonds. The minimum Gasteiger partial charge on any atom is -0.384 e. The first-order valence-electron chi connectivity index (χ1n) is 8.19. The summed E-state index contributed by atoms with van der Waals surface area (Å²) < 4.78 is 6.38. The van der Waals surface area contributed by atoms with Gasteiger partial charge >= 0.3 is 0 Å². The van der Waals surface area contributed by atoms with Gasteiger partial charge in [-0.15, -0.1) is 0 Å². The Kier molecular flexibility index (Phi) is 2.81. The zero-order valence-corrected chi connectivity index (χ0v) is 13.1. The molecular weight excluding hydrogens is 262 g/mol. The summed E-state index contributed by atoms with van der Waals surface area (Å²) in [7, 11) is 0. The van der Waals surface area contributed by atoms with E-state index in [0.717, 1.165) is 18.0 Å². The molecule has 3 nitrogen and oxygen atoms in total. The standard InChI is InChI=1S/C18H25NO2/c1-17(2)12-7-8-18(17,3)16-11(12)10-14(21-16)15(20)13-6-4-5-9-19-13/h4-6,9,11-12,14-16,20H,7-8,10H2,1-3H3/t11-,12-,14-,15-,16-,18+/m1/s1. The minimum atomic E-state index is -0.595. The van der Waals surface area contributed by atoms with Crippen molar-refractivity contribution in [2.24, 2.45) is 22.7 Å². The molecular formula is C18H25NO2. The van der Waals surface area contributed by atoms with Crippen molar-refractivity contribution in [1.29, 1.82) is 0 Å². The number of rotatable bonds is 2. The molecule has 6 atom stereocenters. The third kappa shape index (κ3) is 1.65. The molecule has 3 aliphatic rings. The van der Waals surface area contributed by atoms with Gasteiger partial charge in [0.05, 0.1) is 17.9 Å². The van der Waals surface area contributed by atoms with Crippen molar-refractivity contribution in [3.05, 3.63) is 30.1 Å². The van der Waals surface area contributed by atoms with Gasteiger partial charge in [0.25, 0.3) is 0 Å². The van der Waals surface area contributed by atoms with Gasteiger partial charge in [-0.3, -0.25) is 4.98 Å². The maximum absolute atomic E-state index is 10.6. The van der Waals surface area contributed by atoms with E-state index in [1.54, 1.807) is 6.20 Å². The molecule has 3 heteroatoms. The van der Waals surface area contributed by atoms with E-state index in [2.05, 4.69) is 25.8 Å². The van der Waals surface area contributed by atoms with Gasteiger partial charge in [0.1, 0.15) is 6.10 Å². The average molecular weight is 287 g/mol. The van der Waals surface area contributed by atoms with E-state index in [-0.39, 0.29) is 11.5 Å². The zero-order chi connectivity index (χ0) is 14.8. The molecule has 1 aromatic heterocycles. The Labute approximate surface area is 126 Å². The number of hydrogen-bond acceptors (Lipinski definition) is 3. The second kappa shape index (κ2) is 4.30. The molecule has 2 heterocycles. The van der Waals surface area contributed by atoms with Gasteiger partial charge in [-0.25, -0.2) is 0 Å². The van der Waals surface area contributed by atoms with E-state index in [1.165, 1.54) is 12.8 Å². The molecule has 3 fully saturated rings. The van der Waals surface area contributed by atoms with Crippen LogP contribution in [0.4, 0.5) is 0 Å². The summed E-state index contributed by atoms with van der Waals surface area (Å²) in [6, 6.07) is 5.70. The molecule has 1 aromatic rings. The van der Waals surface area contributed by atoms with Crippen LogP contribution in [0, 0.1) is 22.7 Å². The van der Waals surface area contributed by atoms with E-state index in [4.69, 9.17) is 4.74 Å². The zero-order valence-electron chi connectivity index (χ0n) is 13.1. The fourth-order valence-electron chi connectivity index (χ4n) is 5.50. The molecule has 2 saturated carbocycles. The van der Waals surface area contributed by atoms with Gasteiger partial charge in [-0.1, -0.05) is 26.8 Å². The first-order chi connectivity index (χ1) is 9.95. The second-order valence-corrected chi connectivity index (χ2v) is 7.98. The van der Waals surface area contributed by atoms with Crippen LogP contribution in [-0.2, 0) is 4.74 Å². The smallest absolute Gasteiger partial charge is 0.122 e. The molecule has 21 heavy (non-hydrogen) atoms. The Hall–Kier alpha value is -0.930. The quantitative estimate of drug-likeness (QED) is 0.907. The van der Waals surface area contributed by atoms with Crippen LogP contribution in [0.15, 0.2) is 24.4 Å². The molecule has 2 aliphatic carbocycles. The lowest BCUT2D eigenvalue weighted by Crippen LogP contribution is -2.38. The van der Waals surface area contributed by atoms with Gasteiger partial charge in [0.15, 0.2) is 0 Å². The van der Waals surface area contributed by atoms with Crippen LogP contribution in [0.3, 0.4) is 0 Å². The maximum Gasteiger partial charge on any atom is 0.122 e. The summed E-state index contributed by atoms with van der Waals surface area (Å²) in [4.78, 5) is 4.29. The number of aromatic nitrogens is 1. The predicted molar refractivity (Wildman–Crippen MR) is 80.6 cm³/mol. The molecule has 1 saturated heterocycles. The van der Waals surface area contributed by atoms with Gasteiger partial charge in [-0.2, -0.15) is 0 Å². The van der Waals surface area contributed by atoms with E-state index in [9.17, 15) is 5.11 Å². The Morgan fingerprint density at radius 3 is 2.81 bits per heavy atom. The monoisotopic (exact) mass is 287 g/mol. The molecule has 2 bridgehead atoms. The Morgan fingerprint density at radius 1 is 1.33 bits per heavy atom. The number of hydrogen-bond donors (Lipinski definition) is 1. The highest BCUT2D eigenvalue weighted by atomic mass is 16.5. The number of pyridine rings is 1. The van der Waals surface area contributed by atoms with Crippen molar-refractivity contribution in [3.8, 4) is 0 Å². The van der Waals surface area contributed by atoms with Crippen LogP contribution in [0.25, 0.3) is 0 Å². The lowest BCUT2D eigenvalue weighted by atomic mass is 9.70. The van der Waals surface area contributed by atoms with Crippen LogP contribution in [0.2, 0.25) is 0 Å². The topological polar surface area (TPSA) is 42.4 Å². The van der Waals surface area contributed by atoms with Gasteiger partial charge < -0.3 is 9.84 Å².